The topological polar surface area (TPSA) is 62.4 Å². The molecular formula is C20H20ClN3O2S. The maximum Gasteiger partial charge on any atom is 0.255 e. The van der Waals surface area contributed by atoms with E-state index in [0.717, 1.165) is 16.9 Å². The fraction of sp³-hybridized carbons (Fsp3) is 0.200. The van der Waals surface area contributed by atoms with Crippen LogP contribution in [0.3, 0.4) is 0 Å². The van der Waals surface area contributed by atoms with Crippen LogP contribution in [0.5, 0.6) is 5.75 Å². The zero-order chi connectivity index (χ0) is 19.6. The highest BCUT2D eigenvalue weighted by molar-refractivity contribution is 7.80. The van der Waals surface area contributed by atoms with E-state index in [-0.39, 0.29) is 11.9 Å². The van der Waals surface area contributed by atoms with Gasteiger partial charge in [-0.05, 0) is 61.5 Å². The highest BCUT2D eigenvalue weighted by atomic mass is 35.5. The molecule has 1 atom stereocenters. The molecule has 5 nitrogen and oxygen atoms in total. The van der Waals surface area contributed by atoms with Gasteiger partial charge < -0.3 is 20.7 Å². The van der Waals surface area contributed by atoms with Crippen molar-refractivity contribution in [1.29, 1.82) is 0 Å². The van der Waals surface area contributed by atoms with Crippen LogP contribution < -0.4 is 20.7 Å². The summed E-state index contributed by atoms with van der Waals surface area (Å²) < 4.78 is 5.21. The van der Waals surface area contributed by atoms with Gasteiger partial charge in [0.05, 0.1) is 18.7 Å². The molecule has 140 valence electrons. The van der Waals surface area contributed by atoms with Gasteiger partial charge in [0.2, 0.25) is 0 Å². The lowest BCUT2D eigenvalue weighted by Gasteiger charge is -2.30. The summed E-state index contributed by atoms with van der Waals surface area (Å²) in [5.41, 5.74) is 3.76. The summed E-state index contributed by atoms with van der Waals surface area (Å²) >= 11 is 11.4. The van der Waals surface area contributed by atoms with Crippen molar-refractivity contribution in [3.05, 3.63) is 69.9 Å². The van der Waals surface area contributed by atoms with Crippen molar-refractivity contribution >= 4 is 40.5 Å². The third kappa shape index (κ3) is 4.23. The number of hydrogen-bond acceptors (Lipinski definition) is 3. The minimum Gasteiger partial charge on any atom is -0.497 e. The second-order valence-electron chi connectivity index (χ2n) is 6.26. The number of aryl methyl sites for hydroxylation is 1. The molecule has 2 aromatic rings. The Hall–Kier alpha value is -2.57. The Bertz CT molecular complexity index is 925. The van der Waals surface area contributed by atoms with Gasteiger partial charge >= 0.3 is 0 Å². The van der Waals surface area contributed by atoms with Crippen LogP contribution in [0.15, 0.2) is 53.7 Å². The number of halogens is 1. The summed E-state index contributed by atoms with van der Waals surface area (Å²) in [7, 11) is 1.61. The summed E-state index contributed by atoms with van der Waals surface area (Å²) in [5.74, 6) is 0.520. The number of allylic oxidation sites excluding steroid dienone is 1. The van der Waals surface area contributed by atoms with Crippen molar-refractivity contribution in [2.45, 2.75) is 19.9 Å². The molecule has 1 aliphatic rings. The second-order valence-corrected chi connectivity index (χ2v) is 7.08. The number of ether oxygens (including phenoxy) is 1. The predicted molar refractivity (Wildman–Crippen MR) is 112 cm³/mol. The molecule has 0 spiro atoms. The molecule has 0 radical (unpaired) electrons. The third-order valence-electron chi connectivity index (χ3n) is 4.39. The van der Waals surface area contributed by atoms with E-state index in [1.165, 1.54) is 0 Å². The van der Waals surface area contributed by atoms with E-state index in [0.29, 0.717) is 27.1 Å². The molecule has 1 heterocycles. The number of anilines is 1. The minimum absolute atomic E-state index is 0.226. The molecule has 7 heteroatoms. The molecule has 1 amide bonds. The van der Waals surface area contributed by atoms with Gasteiger partial charge in [-0.3, -0.25) is 4.79 Å². The van der Waals surface area contributed by atoms with Crippen molar-refractivity contribution in [2.24, 2.45) is 0 Å². The largest absolute Gasteiger partial charge is 0.497 e. The van der Waals surface area contributed by atoms with Crippen LogP contribution in [0.25, 0.3) is 0 Å². The number of hydrogen-bond donors (Lipinski definition) is 3. The summed E-state index contributed by atoms with van der Waals surface area (Å²) in [6.07, 6.45) is 0. The lowest BCUT2D eigenvalue weighted by atomic mass is 9.95. The quantitative estimate of drug-likeness (QED) is 0.673. The third-order valence-corrected chi connectivity index (χ3v) is 5.02. The number of carbonyl (C=O) groups excluding carboxylic acids is 1. The molecule has 0 saturated heterocycles. The molecule has 0 saturated carbocycles. The summed E-state index contributed by atoms with van der Waals surface area (Å²) in [4.78, 5) is 13.0. The van der Waals surface area contributed by atoms with Crippen LogP contribution >= 0.6 is 23.8 Å². The zero-order valence-corrected chi connectivity index (χ0v) is 16.8. The van der Waals surface area contributed by atoms with Crippen LogP contribution in [0, 0.1) is 6.92 Å². The van der Waals surface area contributed by atoms with Gasteiger partial charge in [0.15, 0.2) is 5.11 Å². The van der Waals surface area contributed by atoms with Gasteiger partial charge in [-0.25, -0.2) is 0 Å². The van der Waals surface area contributed by atoms with E-state index in [2.05, 4.69) is 16.0 Å². The summed E-state index contributed by atoms with van der Waals surface area (Å²) in [5, 5.41) is 10.2. The van der Waals surface area contributed by atoms with Crippen LogP contribution in [-0.4, -0.2) is 18.1 Å². The van der Waals surface area contributed by atoms with E-state index in [9.17, 15) is 4.79 Å². The van der Waals surface area contributed by atoms with Crippen LogP contribution in [0.2, 0.25) is 5.02 Å². The second kappa shape index (κ2) is 7.98. The Labute approximate surface area is 168 Å². The number of rotatable bonds is 4. The van der Waals surface area contributed by atoms with Gasteiger partial charge in [0, 0.05) is 16.4 Å². The first-order valence-corrected chi connectivity index (χ1v) is 9.17. The van der Waals surface area contributed by atoms with Gasteiger partial charge in [-0.1, -0.05) is 29.8 Å². The van der Waals surface area contributed by atoms with Gasteiger partial charge in [0.25, 0.3) is 5.91 Å². The Morgan fingerprint density at radius 1 is 1.19 bits per heavy atom. The Kier molecular flexibility index (Phi) is 5.68. The fourth-order valence-electron chi connectivity index (χ4n) is 2.91. The number of benzene rings is 2. The molecule has 0 fully saturated rings. The predicted octanol–water partition coefficient (Wildman–Crippen LogP) is 4.09. The van der Waals surface area contributed by atoms with E-state index in [1.54, 1.807) is 13.2 Å². The molecule has 3 rings (SSSR count). The number of nitrogens with one attached hydrogen (secondary N) is 3. The van der Waals surface area contributed by atoms with Crippen LogP contribution in [0.1, 0.15) is 24.1 Å². The molecule has 1 aliphatic heterocycles. The minimum atomic E-state index is -0.370. The molecule has 0 unspecified atom stereocenters. The molecule has 27 heavy (non-hydrogen) atoms. The molecule has 0 bridgehead atoms. The lowest BCUT2D eigenvalue weighted by molar-refractivity contribution is -0.113. The molecular weight excluding hydrogens is 382 g/mol. The monoisotopic (exact) mass is 401 g/mol. The molecule has 0 aromatic heterocycles. The average molecular weight is 402 g/mol. The van der Waals surface area contributed by atoms with Crippen molar-refractivity contribution < 1.29 is 9.53 Å². The zero-order valence-electron chi connectivity index (χ0n) is 15.2. The highest BCUT2D eigenvalue weighted by Crippen LogP contribution is 2.29. The normalized spacial score (nSPS) is 16.4. The molecule has 0 aliphatic carbocycles. The SMILES string of the molecule is COc1ccc([C@H]2NC(=S)NC(C)=C2C(=O)Nc2ccc(C)c(Cl)c2)cc1. The average Bonchev–Trinajstić information content (AvgIpc) is 2.64. The summed E-state index contributed by atoms with van der Waals surface area (Å²) in [6, 6.07) is 12.6. The first kappa shape index (κ1) is 19.2. The Balaban J connectivity index is 1.92. The van der Waals surface area contributed by atoms with Crippen molar-refractivity contribution in [2.75, 3.05) is 12.4 Å². The standard InChI is InChI=1S/C20H20ClN3O2S/c1-11-4-7-14(10-16(11)21)23-19(25)17-12(2)22-20(27)24-18(17)13-5-8-15(26-3)9-6-13/h4-10,18H,1-3H3,(H,23,25)(H2,22,24,27)/t18-/m1/s1. The molecule has 2 aromatic carbocycles. The van der Waals surface area contributed by atoms with Gasteiger partial charge in [0.1, 0.15) is 5.75 Å². The molecule has 3 N–H and O–H groups in total. The van der Waals surface area contributed by atoms with E-state index in [4.69, 9.17) is 28.6 Å². The summed E-state index contributed by atoms with van der Waals surface area (Å²) in [6.45, 7) is 3.75. The Morgan fingerprint density at radius 2 is 1.89 bits per heavy atom. The van der Waals surface area contributed by atoms with Crippen molar-refractivity contribution in [3.63, 3.8) is 0 Å². The van der Waals surface area contributed by atoms with Crippen LogP contribution in [-0.2, 0) is 4.79 Å². The fourth-order valence-corrected chi connectivity index (χ4v) is 3.36. The number of amides is 1. The highest BCUT2D eigenvalue weighted by Gasteiger charge is 2.30. The number of carbonyl (C=O) groups is 1. The van der Waals surface area contributed by atoms with E-state index < -0.39 is 0 Å². The lowest BCUT2D eigenvalue weighted by Crippen LogP contribution is -2.45. The van der Waals surface area contributed by atoms with E-state index in [1.807, 2.05) is 50.2 Å². The van der Waals surface area contributed by atoms with Crippen molar-refractivity contribution in [1.82, 2.24) is 10.6 Å². The van der Waals surface area contributed by atoms with Gasteiger partial charge in [-0.2, -0.15) is 0 Å². The van der Waals surface area contributed by atoms with Crippen molar-refractivity contribution in [3.8, 4) is 5.75 Å². The Morgan fingerprint density at radius 3 is 2.52 bits per heavy atom. The smallest absolute Gasteiger partial charge is 0.255 e. The first-order valence-electron chi connectivity index (χ1n) is 8.39. The van der Waals surface area contributed by atoms with Gasteiger partial charge in [-0.15, -0.1) is 0 Å². The van der Waals surface area contributed by atoms with E-state index >= 15 is 0 Å². The maximum atomic E-state index is 13.0. The number of methoxy groups -OCH3 is 1. The number of thiocarbonyl (C=S) groups is 1. The maximum absolute atomic E-state index is 13.0. The van der Waals surface area contributed by atoms with Crippen LogP contribution in [0.4, 0.5) is 5.69 Å². The first-order chi connectivity index (χ1) is 12.9.